The lowest BCUT2D eigenvalue weighted by molar-refractivity contribution is 0.281. The molecule has 86 heavy (non-hydrogen) atoms. The second-order valence-electron chi connectivity index (χ2n) is 21.0. The molecule has 7 aromatic rings. The zero-order chi connectivity index (χ0) is 60.6. The van der Waals surface area contributed by atoms with Gasteiger partial charge in [0.2, 0.25) is 0 Å². The molecular weight excluding hydrogens is 1080 g/mol. The van der Waals surface area contributed by atoms with Crippen LogP contribution >= 0.6 is 0 Å². The Hall–Kier alpha value is -8.38. The second kappa shape index (κ2) is 36.5. The second-order valence-corrected chi connectivity index (χ2v) is 21.0. The number of hydrogen-bond acceptors (Lipinski definition) is 12. The largest absolute Gasteiger partial charge is 0.493 e. The summed E-state index contributed by atoms with van der Waals surface area (Å²) in [6.45, 7) is 22.8. The average molecular weight is 1170 g/mol. The number of ether oxygens (including phenoxy) is 12. The first-order valence-corrected chi connectivity index (χ1v) is 31.0. The Balaban J connectivity index is 1.13. The molecule has 0 aliphatic heterocycles. The van der Waals surface area contributed by atoms with E-state index in [2.05, 4.69) is 104 Å². The van der Waals surface area contributed by atoms with E-state index in [1.54, 1.807) is 0 Å². The van der Waals surface area contributed by atoms with E-state index < -0.39 is 0 Å². The van der Waals surface area contributed by atoms with Crippen LogP contribution in [0.1, 0.15) is 151 Å². The van der Waals surface area contributed by atoms with E-state index >= 15 is 0 Å². The average Bonchev–Trinajstić information content (AvgIpc) is 3.73. The highest BCUT2D eigenvalue weighted by molar-refractivity contribution is 5.74. The molecule has 0 saturated heterocycles. The SMILES string of the molecule is CCCOc1cc(COc2cc(/C=C/c3ccc(/C=C/c4cc(OCc5cc(OCCC)cc(OCCC)c5)cc(OCc5cc(OCCC)cc(OCCC)c5)c4)cc3)cc(OCc3cc(OCCC)cc(OCCC)c3)c2)cc(OCCC)c1. The fraction of sp³-hybridized carbons (Fsp3) is 0.378. The molecule has 0 saturated carbocycles. The van der Waals surface area contributed by atoms with Crippen LogP contribution in [-0.2, 0) is 26.4 Å². The summed E-state index contributed by atoms with van der Waals surface area (Å²) in [5.74, 6) is 8.66. The van der Waals surface area contributed by atoms with Crippen LogP contribution in [0.2, 0.25) is 0 Å². The van der Waals surface area contributed by atoms with Gasteiger partial charge in [0.05, 0.1) is 52.9 Å². The fourth-order valence-electron chi connectivity index (χ4n) is 8.77. The van der Waals surface area contributed by atoms with Crippen molar-refractivity contribution in [2.24, 2.45) is 0 Å². The summed E-state index contributed by atoms with van der Waals surface area (Å²) in [6, 6.07) is 44.2. The summed E-state index contributed by atoms with van der Waals surface area (Å²) in [7, 11) is 0. The molecule has 0 aliphatic carbocycles. The summed E-state index contributed by atoms with van der Waals surface area (Å²) < 4.78 is 74.5. The highest BCUT2D eigenvalue weighted by Gasteiger charge is 2.13. The molecule has 0 radical (unpaired) electrons. The van der Waals surface area contributed by atoms with E-state index in [1.165, 1.54) is 0 Å². The number of rotatable bonds is 40. The van der Waals surface area contributed by atoms with Crippen LogP contribution in [-0.4, -0.2) is 52.9 Å². The molecule has 0 fully saturated rings. The summed E-state index contributed by atoms with van der Waals surface area (Å²) in [4.78, 5) is 0. The maximum atomic E-state index is 6.54. The predicted octanol–water partition coefficient (Wildman–Crippen LogP) is 18.7. The summed E-state index contributed by atoms with van der Waals surface area (Å²) in [6.07, 6.45) is 15.5. The monoisotopic (exact) mass is 1170 g/mol. The predicted molar refractivity (Wildman–Crippen MR) is 347 cm³/mol. The van der Waals surface area contributed by atoms with Crippen LogP contribution in [0.15, 0.2) is 133 Å². The van der Waals surface area contributed by atoms with Gasteiger partial charge in [-0.2, -0.15) is 0 Å². The standard InChI is InChI=1S/C74H90O12/c1-9-25-75-63-37-59(38-64(45-63)76-26-10-2)51-83-71-33-57(34-72(49-71)84-52-60-39-65(77-27-11-3)46-66(40-60)78-28-12-4)23-21-55-17-19-56(20-18-55)22-24-58-35-73(85-53-61-41-67(79-29-13-5)47-68(42-61)80-30-14-6)50-74(36-58)86-54-62-43-69(81-31-15-7)48-70(44-62)82-32-16-8/h17-24,33-50H,9-16,25-32,51-54H2,1-8H3/b23-21+,24-22+. The Morgan fingerprint density at radius 1 is 0.198 bits per heavy atom. The molecule has 0 aliphatic rings. The first-order chi connectivity index (χ1) is 42.2. The van der Waals surface area contributed by atoms with Crippen molar-refractivity contribution in [2.45, 2.75) is 133 Å². The third kappa shape index (κ3) is 22.9. The third-order valence-corrected chi connectivity index (χ3v) is 12.8. The first-order valence-electron chi connectivity index (χ1n) is 31.0. The summed E-state index contributed by atoms with van der Waals surface area (Å²) in [5.41, 5.74) is 7.60. The van der Waals surface area contributed by atoms with Gasteiger partial charge in [-0.25, -0.2) is 0 Å². The zero-order valence-corrected chi connectivity index (χ0v) is 52.1. The number of benzene rings is 7. The van der Waals surface area contributed by atoms with Gasteiger partial charge in [-0.05, 0) is 169 Å². The van der Waals surface area contributed by atoms with Gasteiger partial charge in [0.15, 0.2) is 0 Å². The van der Waals surface area contributed by atoms with E-state index in [9.17, 15) is 0 Å². The maximum Gasteiger partial charge on any atom is 0.124 e. The molecule has 7 rings (SSSR count). The lowest BCUT2D eigenvalue weighted by atomic mass is 10.1. The normalized spacial score (nSPS) is 11.2. The lowest BCUT2D eigenvalue weighted by Crippen LogP contribution is -2.03. The molecule has 0 heterocycles. The van der Waals surface area contributed by atoms with E-state index in [0.29, 0.717) is 102 Å². The van der Waals surface area contributed by atoms with Crippen LogP contribution < -0.4 is 56.8 Å². The molecule has 0 bridgehead atoms. The van der Waals surface area contributed by atoms with Crippen molar-refractivity contribution in [3.63, 3.8) is 0 Å². The highest BCUT2D eigenvalue weighted by Crippen LogP contribution is 2.33. The molecule has 12 nitrogen and oxygen atoms in total. The van der Waals surface area contributed by atoms with Gasteiger partial charge in [0.25, 0.3) is 0 Å². The van der Waals surface area contributed by atoms with Crippen molar-refractivity contribution >= 4 is 24.3 Å². The lowest BCUT2D eigenvalue weighted by Gasteiger charge is -2.15. The van der Waals surface area contributed by atoms with Crippen LogP contribution in [0.25, 0.3) is 24.3 Å². The number of hydrogen-bond donors (Lipinski definition) is 0. The Kier molecular flexibility index (Phi) is 27.6. The quantitative estimate of drug-likeness (QED) is 0.0341. The minimum Gasteiger partial charge on any atom is -0.493 e. The van der Waals surface area contributed by atoms with Crippen molar-refractivity contribution in [1.29, 1.82) is 0 Å². The molecule has 0 aromatic heterocycles. The van der Waals surface area contributed by atoms with Gasteiger partial charge in [-0.3, -0.25) is 0 Å². The minimum absolute atomic E-state index is 0.298. The van der Waals surface area contributed by atoms with Crippen LogP contribution in [0.5, 0.6) is 69.0 Å². The van der Waals surface area contributed by atoms with Gasteiger partial charge in [0.1, 0.15) is 95.4 Å². The highest BCUT2D eigenvalue weighted by atomic mass is 16.5. The molecule has 0 atom stereocenters. The molecule has 0 spiro atoms. The van der Waals surface area contributed by atoms with Crippen molar-refractivity contribution in [3.8, 4) is 69.0 Å². The van der Waals surface area contributed by atoms with Crippen LogP contribution in [0.3, 0.4) is 0 Å². The molecule has 0 unspecified atom stereocenters. The van der Waals surface area contributed by atoms with Gasteiger partial charge in [-0.15, -0.1) is 0 Å². The van der Waals surface area contributed by atoms with Gasteiger partial charge < -0.3 is 56.8 Å². The topological polar surface area (TPSA) is 111 Å². The Morgan fingerprint density at radius 3 is 0.535 bits per heavy atom. The van der Waals surface area contributed by atoms with Crippen molar-refractivity contribution in [2.75, 3.05) is 52.9 Å². The molecular formula is C74H90O12. The Morgan fingerprint density at radius 2 is 0.360 bits per heavy atom. The fourth-order valence-corrected chi connectivity index (χ4v) is 8.77. The minimum atomic E-state index is 0.298. The van der Waals surface area contributed by atoms with Gasteiger partial charge >= 0.3 is 0 Å². The van der Waals surface area contributed by atoms with Crippen molar-refractivity contribution in [3.05, 3.63) is 178 Å². The van der Waals surface area contributed by atoms with Gasteiger partial charge in [0, 0.05) is 36.4 Å². The van der Waals surface area contributed by atoms with E-state index in [0.717, 1.165) is 142 Å². The Bertz CT molecular complexity index is 2690. The van der Waals surface area contributed by atoms with E-state index in [4.69, 9.17) is 56.8 Å². The smallest absolute Gasteiger partial charge is 0.124 e. The molecule has 458 valence electrons. The zero-order valence-electron chi connectivity index (χ0n) is 52.1. The maximum absolute atomic E-state index is 6.54. The molecule has 0 amide bonds. The first kappa shape index (κ1) is 65.2. The van der Waals surface area contributed by atoms with Gasteiger partial charge in [-0.1, -0.05) is 104 Å². The molecule has 12 heteroatoms. The van der Waals surface area contributed by atoms with E-state index in [1.807, 2.05) is 109 Å². The Labute approximate surface area is 511 Å². The van der Waals surface area contributed by atoms with Crippen molar-refractivity contribution in [1.82, 2.24) is 0 Å². The van der Waals surface area contributed by atoms with E-state index in [-0.39, 0.29) is 0 Å². The molecule has 0 N–H and O–H groups in total. The molecule has 7 aromatic carbocycles. The third-order valence-electron chi connectivity index (χ3n) is 12.8. The van der Waals surface area contributed by atoms with Crippen molar-refractivity contribution < 1.29 is 56.8 Å². The summed E-state index contributed by atoms with van der Waals surface area (Å²) >= 11 is 0. The summed E-state index contributed by atoms with van der Waals surface area (Å²) in [5, 5.41) is 0. The van der Waals surface area contributed by atoms with Crippen LogP contribution in [0.4, 0.5) is 0 Å². The van der Waals surface area contributed by atoms with Crippen LogP contribution in [0, 0.1) is 0 Å².